The van der Waals surface area contributed by atoms with Gasteiger partial charge in [-0.05, 0) is 0 Å². The summed E-state index contributed by atoms with van der Waals surface area (Å²) in [4.78, 5) is 0. The summed E-state index contributed by atoms with van der Waals surface area (Å²) < 4.78 is 29.1. The van der Waals surface area contributed by atoms with Crippen LogP contribution in [0.3, 0.4) is 0 Å². The Morgan fingerprint density at radius 2 is 2.22 bits per heavy atom. The van der Waals surface area contributed by atoms with E-state index in [9.17, 15) is 7.67 Å². The van der Waals surface area contributed by atoms with E-state index in [4.69, 9.17) is 4.19 Å². The van der Waals surface area contributed by atoms with Gasteiger partial charge in [0.2, 0.25) is 0 Å². The van der Waals surface area contributed by atoms with Crippen molar-refractivity contribution in [2.24, 2.45) is 0 Å². The molecule has 0 amide bonds. The molecule has 1 rings (SSSR count). The quantitative estimate of drug-likeness (QED) is 0.547. The maximum atomic E-state index is 10.2. The fourth-order valence-electron chi connectivity index (χ4n) is 0.320. The summed E-state index contributed by atoms with van der Waals surface area (Å²) in [7, 11) is 0. The SMILES string of the molecule is O=[Se](=O)(O)n1ccnn1. The molecule has 0 spiro atoms. The third-order valence-electron chi connectivity index (χ3n) is 0.637. The van der Waals surface area contributed by atoms with Gasteiger partial charge in [0.15, 0.2) is 0 Å². The monoisotopic (exact) mass is 197 g/mol. The molecular weight excluding hydrogens is 193 g/mol. The number of aromatic nitrogens is 3. The molecule has 0 aliphatic heterocycles. The third kappa shape index (κ3) is 1.32. The fourth-order valence-corrected chi connectivity index (χ4v) is 1.04. The normalized spacial score (nSPS) is 11.7. The van der Waals surface area contributed by atoms with Crippen molar-refractivity contribution in [2.45, 2.75) is 0 Å². The van der Waals surface area contributed by atoms with Crippen LogP contribution in [0.4, 0.5) is 0 Å². The van der Waals surface area contributed by atoms with E-state index in [1.165, 1.54) is 0 Å². The van der Waals surface area contributed by atoms with Crippen molar-refractivity contribution in [1.29, 1.82) is 0 Å². The first-order chi connectivity index (χ1) is 4.11. The van der Waals surface area contributed by atoms with Crippen LogP contribution in [-0.2, 0) is 7.67 Å². The average molecular weight is 196 g/mol. The summed E-state index contributed by atoms with van der Waals surface area (Å²) in [5.41, 5.74) is 0. The van der Waals surface area contributed by atoms with Gasteiger partial charge in [-0.3, -0.25) is 0 Å². The van der Waals surface area contributed by atoms with Crippen molar-refractivity contribution in [3.8, 4) is 0 Å². The Morgan fingerprint density at radius 1 is 1.56 bits per heavy atom. The topological polar surface area (TPSA) is 85.1 Å². The van der Waals surface area contributed by atoms with Crippen LogP contribution in [0.5, 0.6) is 0 Å². The van der Waals surface area contributed by atoms with Gasteiger partial charge in [-0.2, -0.15) is 0 Å². The minimum atomic E-state index is -4.90. The molecule has 0 atom stereocenters. The molecule has 9 heavy (non-hydrogen) atoms. The van der Waals surface area contributed by atoms with E-state index in [2.05, 4.69) is 10.3 Å². The molecule has 0 aliphatic rings. The second kappa shape index (κ2) is 1.87. The molecular formula is C2H3N3O3Se. The van der Waals surface area contributed by atoms with Gasteiger partial charge in [0, 0.05) is 0 Å². The molecule has 0 aromatic carbocycles. The van der Waals surface area contributed by atoms with Gasteiger partial charge in [-0.1, -0.05) is 0 Å². The minimum absolute atomic E-state index is 0.427. The molecule has 0 fully saturated rings. The van der Waals surface area contributed by atoms with E-state index in [-0.39, 0.29) is 0 Å². The van der Waals surface area contributed by atoms with Gasteiger partial charge in [0.25, 0.3) is 0 Å². The third-order valence-corrected chi connectivity index (χ3v) is 2.04. The molecule has 50 valence electrons. The number of nitrogens with zero attached hydrogens (tertiary/aromatic N) is 3. The number of hydrogen-bond acceptors (Lipinski definition) is 4. The van der Waals surface area contributed by atoms with Crippen LogP contribution in [-0.4, -0.2) is 31.5 Å². The summed E-state index contributed by atoms with van der Waals surface area (Å²) in [5, 5.41) is 6.23. The molecule has 7 heteroatoms. The predicted octanol–water partition coefficient (Wildman–Crippen LogP) is -1.58. The zero-order valence-corrected chi connectivity index (χ0v) is 5.88. The van der Waals surface area contributed by atoms with E-state index in [0.29, 0.717) is 3.70 Å². The Kier molecular flexibility index (Phi) is 1.32. The van der Waals surface area contributed by atoms with Crippen LogP contribution >= 0.6 is 0 Å². The van der Waals surface area contributed by atoms with E-state index >= 15 is 0 Å². The van der Waals surface area contributed by atoms with Gasteiger partial charge < -0.3 is 0 Å². The molecule has 6 nitrogen and oxygen atoms in total. The average Bonchev–Trinajstić information content (AvgIpc) is 2.08. The van der Waals surface area contributed by atoms with E-state index < -0.39 is 13.3 Å². The van der Waals surface area contributed by atoms with Crippen LogP contribution in [0.25, 0.3) is 0 Å². The first kappa shape index (κ1) is 6.34. The Hall–Kier alpha value is -0.781. The van der Waals surface area contributed by atoms with Crippen molar-refractivity contribution in [1.82, 2.24) is 14.0 Å². The Labute approximate surface area is 52.3 Å². The summed E-state index contributed by atoms with van der Waals surface area (Å²) in [6.45, 7) is 0. The van der Waals surface area contributed by atoms with Gasteiger partial charge in [-0.25, -0.2) is 0 Å². The van der Waals surface area contributed by atoms with E-state index in [0.717, 1.165) is 12.4 Å². The summed E-state index contributed by atoms with van der Waals surface area (Å²) >= 11 is -4.90. The summed E-state index contributed by atoms with van der Waals surface area (Å²) in [6, 6.07) is 0. The Bertz CT molecular complexity index is 274. The van der Waals surface area contributed by atoms with Crippen LogP contribution in [0.15, 0.2) is 12.4 Å². The fraction of sp³-hybridized carbons (Fsp3) is 0. The van der Waals surface area contributed by atoms with Crippen molar-refractivity contribution in [3.05, 3.63) is 12.4 Å². The summed E-state index contributed by atoms with van der Waals surface area (Å²) in [5.74, 6) is 0. The number of rotatable bonds is 1. The second-order valence-corrected chi connectivity index (χ2v) is 3.92. The summed E-state index contributed by atoms with van der Waals surface area (Å²) in [6.07, 6.45) is 2.22. The maximum absolute atomic E-state index is 10.2. The molecule has 1 heterocycles. The van der Waals surface area contributed by atoms with Gasteiger partial charge in [0.05, 0.1) is 0 Å². The molecule has 1 aromatic rings. The zero-order chi connectivity index (χ0) is 6.91. The Balaban J connectivity index is 3.20. The molecule has 0 unspecified atom stereocenters. The standard InChI is InChI=1S/C2H3N3O3Se/c6-9(7,8)5-2-1-3-4-5/h1-2H,(H,6,7,8). The molecule has 0 saturated heterocycles. The first-order valence-electron chi connectivity index (χ1n) is 1.95. The van der Waals surface area contributed by atoms with Crippen LogP contribution in [0.2, 0.25) is 0 Å². The van der Waals surface area contributed by atoms with E-state index in [1.54, 1.807) is 0 Å². The van der Waals surface area contributed by atoms with Crippen molar-refractivity contribution >= 4 is 13.3 Å². The van der Waals surface area contributed by atoms with Crippen LogP contribution in [0.1, 0.15) is 0 Å². The Morgan fingerprint density at radius 3 is 2.44 bits per heavy atom. The molecule has 1 aromatic heterocycles. The molecule has 0 saturated carbocycles. The van der Waals surface area contributed by atoms with Crippen molar-refractivity contribution in [2.75, 3.05) is 0 Å². The van der Waals surface area contributed by atoms with Crippen molar-refractivity contribution < 1.29 is 11.9 Å². The first-order valence-corrected chi connectivity index (χ1v) is 4.88. The van der Waals surface area contributed by atoms with Gasteiger partial charge in [0.1, 0.15) is 0 Å². The molecule has 0 aliphatic carbocycles. The van der Waals surface area contributed by atoms with Crippen LogP contribution < -0.4 is 0 Å². The molecule has 1 N–H and O–H groups in total. The predicted molar refractivity (Wildman–Crippen MR) is 24.8 cm³/mol. The molecule has 0 radical (unpaired) electrons. The zero-order valence-electron chi connectivity index (χ0n) is 4.17. The number of hydrogen-bond donors (Lipinski definition) is 1. The van der Waals surface area contributed by atoms with E-state index in [1.807, 2.05) is 0 Å². The second-order valence-electron chi connectivity index (χ2n) is 1.25. The van der Waals surface area contributed by atoms with Gasteiger partial charge >= 0.3 is 51.5 Å². The van der Waals surface area contributed by atoms with Crippen LogP contribution in [0, 0.1) is 0 Å². The van der Waals surface area contributed by atoms with Crippen molar-refractivity contribution in [3.63, 3.8) is 0 Å². The van der Waals surface area contributed by atoms with Gasteiger partial charge in [-0.15, -0.1) is 0 Å². The molecule has 0 bridgehead atoms.